The number of hydrogen-bond acceptors (Lipinski definition) is 4. The van der Waals surface area contributed by atoms with Crippen LogP contribution in [0, 0.1) is 0 Å². The van der Waals surface area contributed by atoms with Crippen LogP contribution in [0.2, 0.25) is 0 Å². The van der Waals surface area contributed by atoms with Crippen molar-refractivity contribution in [2.24, 2.45) is 0 Å². The molecule has 0 atom stereocenters. The van der Waals surface area contributed by atoms with Gasteiger partial charge >= 0.3 is 5.97 Å². The Kier molecular flexibility index (Phi) is 6.40. The average molecular weight is 437 g/mol. The van der Waals surface area contributed by atoms with Gasteiger partial charge in [0.1, 0.15) is 11.5 Å². The number of ketones is 1. The molecule has 0 aliphatic carbocycles. The summed E-state index contributed by atoms with van der Waals surface area (Å²) in [5.74, 6) is 0.571. The topological polar surface area (TPSA) is 52.6 Å². The smallest absolute Gasteiger partial charge is 0.343 e. The fourth-order valence-electron chi connectivity index (χ4n) is 2.42. The third-order valence-corrected chi connectivity index (χ3v) is 4.50. The maximum Gasteiger partial charge on any atom is 0.343 e. The number of hydrogen-bond donors (Lipinski definition) is 0. The quantitative estimate of drug-likeness (QED) is 0.219. The van der Waals surface area contributed by atoms with Crippen LogP contribution in [0.25, 0.3) is 6.08 Å². The molecule has 0 bridgehead atoms. The van der Waals surface area contributed by atoms with Crippen LogP contribution in [0.3, 0.4) is 0 Å². The Labute approximate surface area is 171 Å². The van der Waals surface area contributed by atoms with E-state index < -0.39 is 5.97 Å². The molecule has 0 amide bonds. The van der Waals surface area contributed by atoms with Crippen molar-refractivity contribution in [3.8, 4) is 11.5 Å². The number of benzene rings is 3. The predicted molar refractivity (Wildman–Crippen MR) is 112 cm³/mol. The molecule has 0 saturated carbocycles. The standard InChI is InChI=1S/C23H17BrO4/c1-27-20-13-7-18(8-14-20)23(26)28-21-11-2-16(3-12-21)4-15-22(25)17-5-9-19(24)10-6-17/h2-15H,1H3. The highest BCUT2D eigenvalue weighted by atomic mass is 79.9. The minimum absolute atomic E-state index is 0.0810. The van der Waals surface area contributed by atoms with E-state index in [9.17, 15) is 9.59 Å². The fraction of sp³-hybridized carbons (Fsp3) is 0.0435. The van der Waals surface area contributed by atoms with Crippen molar-refractivity contribution in [1.82, 2.24) is 0 Å². The van der Waals surface area contributed by atoms with E-state index in [2.05, 4.69) is 15.9 Å². The first-order valence-corrected chi connectivity index (χ1v) is 9.29. The van der Waals surface area contributed by atoms with E-state index in [1.54, 1.807) is 73.8 Å². The third-order valence-electron chi connectivity index (χ3n) is 3.97. The van der Waals surface area contributed by atoms with Gasteiger partial charge in [0.15, 0.2) is 5.78 Å². The zero-order valence-corrected chi connectivity index (χ0v) is 16.7. The molecule has 28 heavy (non-hydrogen) atoms. The maximum absolute atomic E-state index is 12.2. The minimum atomic E-state index is -0.448. The Hall–Kier alpha value is -3.18. The lowest BCUT2D eigenvalue weighted by molar-refractivity contribution is 0.0734. The molecule has 3 rings (SSSR count). The van der Waals surface area contributed by atoms with Crippen molar-refractivity contribution in [2.75, 3.05) is 7.11 Å². The molecule has 0 spiro atoms. The van der Waals surface area contributed by atoms with E-state index in [1.807, 2.05) is 12.1 Å². The molecule has 5 heteroatoms. The maximum atomic E-state index is 12.2. The van der Waals surface area contributed by atoms with Gasteiger partial charge in [-0.25, -0.2) is 4.79 Å². The molecule has 0 radical (unpaired) electrons. The number of carbonyl (C=O) groups excluding carboxylic acids is 2. The summed E-state index contributed by atoms with van der Waals surface area (Å²) in [6.45, 7) is 0. The van der Waals surface area contributed by atoms with Crippen molar-refractivity contribution in [2.45, 2.75) is 0 Å². The number of halogens is 1. The highest BCUT2D eigenvalue weighted by molar-refractivity contribution is 9.10. The van der Waals surface area contributed by atoms with Crippen molar-refractivity contribution in [1.29, 1.82) is 0 Å². The Bertz CT molecular complexity index is 988. The molecule has 4 nitrogen and oxygen atoms in total. The van der Waals surface area contributed by atoms with E-state index >= 15 is 0 Å². The summed E-state index contributed by atoms with van der Waals surface area (Å²) in [4.78, 5) is 24.3. The van der Waals surface area contributed by atoms with Gasteiger partial charge in [-0.1, -0.05) is 34.1 Å². The molecular weight excluding hydrogens is 420 g/mol. The molecule has 3 aromatic rings. The lowest BCUT2D eigenvalue weighted by Crippen LogP contribution is -2.08. The molecule has 0 aromatic heterocycles. The highest BCUT2D eigenvalue weighted by Crippen LogP contribution is 2.17. The van der Waals surface area contributed by atoms with E-state index in [0.29, 0.717) is 22.6 Å². The number of methoxy groups -OCH3 is 1. The monoisotopic (exact) mass is 436 g/mol. The van der Waals surface area contributed by atoms with Gasteiger partial charge in [-0.15, -0.1) is 0 Å². The van der Waals surface area contributed by atoms with Gasteiger partial charge in [0, 0.05) is 10.0 Å². The second kappa shape index (κ2) is 9.15. The first-order valence-electron chi connectivity index (χ1n) is 8.49. The van der Waals surface area contributed by atoms with Gasteiger partial charge in [0.2, 0.25) is 0 Å². The van der Waals surface area contributed by atoms with Crippen LogP contribution >= 0.6 is 15.9 Å². The van der Waals surface area contributed by atoms with E-state index in [1.165, 1.54) is 6.08 Å². The van der Waals surface area contributed by atoms with Crippen molar-refractivity contribution >= 4 is 33.8 Å². The lowest BCUT2D eigenvalue weighted by atomic mass is 10.1. The normalized spacial score (nSPS) is 10.6. The average Bonchev–Trinajstić information content (AvgIpc) is 2.73. The number of ether oxygens (including phenoxy) is 2. The van der Waals surface area contributed by atoms with Gasteiger partial charge in [-0.05, 0) is 72.3 Å². The summed E-state index contributed by atoms with van der Waals surface area (Å²) >= 11 is 3.34. The van der Waals surface area contributed by atoms with E-state index in [4.69, 9.17) is 9.47 Å². The largest absolute Gasteiger partial charge is 0.497 e. The minimum Gasteiger partial charge on any atom is -0.497 e. The summed E-state index contributed by atoms with van der Waals surface area (Å²) in [5.41, 5.74) is 1.88. The first-order chi connectivity index (χ1) is 13.5. The van der Waals surface area contributed by atoms with Crippen LogP contribution in [0.4, 0.5) is 0 Å². The molecule has 0 saturated heterocycles. The fourth-order valence-corrected chi connectivity index (χ4v) is 2.69. The van der Waals surface area contributed by atoms with Crippen LogP contribution in [0.1, 0.15) is 26.3 Å². The lowest BCUT2D eigenvalue weighted by Gasteiger charge is -2.05. The summed E-state index contributed by atoms with van der Waals surface area (Å²) in [5, 5.41) is 0. The molecule has 0 heterocycles. The van der Waals surface area contributed by atoms with Gasteiger partial charge in [-0.3, -0.25) is 4.79 Å². The molecular formula is C23H17BrO4. The van der Waals surface area contributed by atoms with Gasteiger partial charge < -0.3 is 9.47 Å². The van der Waals surface area contributed by atoms with Crippen LogP contribution in [-0.2, 0) is 0 Å². The molecule has 0 unspecified atom stereocenters. The number of allylic oxidation sites excluding steroid dienone is 1. The van der Waals surface area contributed by atoms with Crippen LogP contribution in [0.15, 0.2) is 83.3 Å². The summed E-state index contributed by atoms with van der Waals surface area (Å²) in [6, 6.07) is 20.8. The predicted octanol–water partition coefficient (Wildman–Crippen LogP) is 5.57. The molecule has 0 N–H and O–H groups in total. The van der Waals surface area contributed by atoms with Crippen molar-refractivity contribution in [3.63, 3.8) is 0 Å². The molecule has 0 fully saturated rings. The van der Waals surface area contributed by atoms with Crippen LogP contribution in [0.5, 0.6) is 11.5 Å². The number of rotatable bonds is 6. The second-order valence-electron chi connectivity index (χ2n) is 5.89. The Balaban J connectivity index is 1.61. The first kappa shape index (κ1) is 19.6. The SMILES string of the molecule is COc1ccc(C(=O)Oc2ccc(C=CC(=O)c3ccc(Br)cc3)cc2)cc1. The summed E-state index contributed by atoms with van der Waals surface area (Å²) in [6.07, 6.45) is 3.24. The zero-order valence-electron chi connectivity index (χ0n) is 15.1. The summed E-state index contributed by atoms with van der Waals surface area (Å²) in [7, 11) is 1.57. The number of carbonyl (C=O) groups is 2. The zero-order chi connectivity index (χ0) is 19.9. The summed E-state index contributed by atoms with van der Waals surface area (Å²) < 4.78 is 11.4. The van der Waals surface area contributed by atoms with Gasteiger partial charge in [-0.2, -0.15) is 0 Å². The van der Waals surface area contributed by atoms with Gasteiger partial charge in [0.25, 0.3) is 0 Å². The molecule has 3 aromatic carbocycles. The molecule has 140 valence electrons. The molecule has 0 aliphatic heterocycles. The third kappa shape index (κ3) is 5.18. The Morgan fingerprint density at radius 2 is 1.36 bits per heavy atom. The van der Waals surface area contributed by atoms with Gasteiger partial charge in [0.05, 0.1) is 12.7 Å². The molecule has 0 aliphatic rings. The van der Waals surface area contributed by atoms with Crippen molar-refractivity contribution in [3.05, 3.63) is 100 Å². The van der Waals surface area contributed by atoms with Crippen LogP contribution in [-0.4, -0.2) is 18.9 Å². The van der Waals surface area contributed by atoms with Crippen molar-refractivity contribution < 1.29 is 19.1 Å². The second-order valence-corrected chi connectivity index (χ2v) is 6.81. The number of esters is 1. The Morgan fingerprint density at radius 1 is 0.786 bits per heavy atom. The highest BCUT2D eigenvalue weighted by Gasteiger charge is 2.08. The van der Waals surface area contributed by atoms with Crippen LogP contribution < -0.4 is 9.47 Å². The Morgan fingerprint density at radius 3 is 1.96 bits per heavy atom. The van der Waals surface area contributed by atoms with E-state index in [0.717, 1.165) is 10.0 Å². The van der Waals surface area contributed by atoms with E-state index in [-0.39, 0.29) is 5.78 Å².